The Balaban J connectivity index is 2.38. The number of likely N-dealkylation sites (tertiary alicyclic amines) is 1. The molecule has 1 aliphatic rings. The topological polar surface area (TPSA) is 49.8 Å². The fourth-order valence-corrected chi connectivity index (χ4v) is 2.19. The van der Waals surface area contributed by atoms with Crippen LogP contribution in [0.2, 0.25) is 0 Å². The molecular formula is C13H25NO3. The molecule has 0 aromatic rings. The van der Waals surface area contributed by atoms with Gasteiger partial charge in [0.1, 0.15) is 5.60 Å². The predicted molar refractivity (Wildman–Crippen MR) is 66.7 cm³/mol. The van der Waals surface area contributed by atoms with Crippen molar-refractivity contribution in [3.8, 4) is 0 Å². The molecule has 4 nitrogen and oxygen atoms in total. The molecule has 0 aliphatic carbocycles. The van der Waals surface area contributed by atoms with E-state index in [4.69, 9.17) is 4.74 Å². The average molecular weight is 243 g/mol. The number of hydrogen-bond donors (Lipinski definition) is 1. The van der Waals surface area contributed by atoms with Gasteiger partial charge < -0.3 is 9.84 Å². The van der Waals surface area contributed by atoms with Gasteiger partial charge in [-0.15, -0.1) is 0 Å². The minimum atomic E-state index is -0.420. The second-order valence-corrected chi connectivity index (χ2v) is 5.96. The quantitative estimate of drug-likeness (QED) is 0.762. The van der Waals surface area contributed by atoms with Crippen LogP contribution in [0.15, 0.2) is 0 Å². The van der Waals surface area contributed by atoms with Crippen molar-refractivity contribution in [3.63, 3.8) is 0 Å². The van der Waals surface area contributed by atoms with Gasteiger partial charge in [0.25, 0.3) is 0 Å². The summed E-state index contributed by atoms with van der Waals surface area (Å²) in [4.78, 5) is 13.8. The molecule has 2 unspecified atom stereocenters. The Bertz CT molecular complexity index is 258. The Morgan fingerprint density at radius 2 is 2.18 bits per heavy atom. The lowest BCUT2D eigenvalue weighted by Crippen LogP contribution is -2.43. The minimum Gasteiger partial charge on any atom is -0.459 e. The van der Waals surface area contributed by atoms with Crippen LogP contribution in [0.25, 0.3) is 0 Å². The fourth-order valence-electron chi connectivity index (χ4n) is 2.19. The molecule has 2 atom stereocenters. The Morgan fingerprint density at radius 3 is 2.71 bits per heavy atom. The number of aliphatic hydroxyl groups excluding tert-OH is 1. The normalized spacial score (nSPS) is 24.4. The van der Waals surface area contributed by atoms with Gasteiger partial charge in [0.05, 0.1) is 12.6 Å². The van der Waals surface area contributed by atoms with E-state index in [0.717, 1.165) is 25.9 Å². The van der Waals surface area contributed by atoms with Crippen LogP contribution >= 0.6 is 0 Å². The van der Waals surface area contributed by atoms with E-state index in [2.05, 4.69) is 4.90 Å². The van der Waals surface area contributed by atoms with Gasteiger partial charge in [-0.1, -0.05) is 0 Å². The number of carbonyl (C=O) groups is 1. The highest BCUT2D eigenvalue weighted by atomic mass is 16.6. The summed E-state index contributed by atoms with van der Waals surface area (Å²) in [5, 5.41) is 9.57. The lowest BCUT2D eigenvalue weighted by atomic mass is 9.93. The van der Waals surface area contributed by atoms with Gasteiger partial charge in [-0.05, 0) is 53.0 Å². The molecule has 17 heavy (non-hydrogen) atoms. The van der Waals surface area contributed by atoms with Crippen LogP contribution in [0.5, 0.6) is 0 Å². The molecule has 100 valence electrons. The van der Waals surface area contributed by atoms with Crippen LogP contribution in [0, 0.1) is 5.92 Å². The van der Waals surface area contributed by atoms with Gasteiger partial charge in [0, 0.05) is 6.54 Å². The predicted octanol–water partition coefficient (Wildman–Crippen LogP) is 1.42. The maximum absolute atomic E-state index is 11.7. The molecule has 1 heterocycles. The summed E-state index contributed by atoms with van der Waals surface area (Å²) < 4.78 is 5.29. The van der Waals surface area contributed by atoms with Crippen molar-refractivity contribution >= 4 is 5.97 Å². The molecule has 0 amide bonds. The van der Waals surface area contributed by atoms with Crippen LogP contribution in [0.4, 0.5) is 0 Å². The third-order valence-corrected chi connectivity index (χ3v) is 3.00. The van der Waals surface area contributed by atoms with Crippen molar-refractivity contribution in [2.24, 2.45) is 5.92 Å². The number of carbonyl (C=O) groups excluding carboxylic acids is 1. The van der Waals surface area contributed by atoms with E-state index < -0.39 is 5.60 Å². The SMILES string of the molecule is CC(O)C1CCCN(CC(=O)OC(C)(C)C)C1. The maximum atomic E-state index is 11.7. The highest BCUT2D eigenvalue weighted by Crippen LogP contribution is 2.19. The van der Waals surface area contributed by atoms with Crippen LogP contribution in [0.3, 0.4) is 0 Å². The number of aliphatic hydroxyl groups is 1. The summed E-state index contributed by atoms with van der Waals surface area (Å²) in [6.45, 7) is 9.49. The molecule has 1 rings (SSSR count). The third kappa shape index (κ3) is 5.50. The number of piperidine rings is 1. The van der Waals surface area contributed by atoms with E-state index in [1.54, 1.807) is 0 Å². The second kappa shape index (κ2) is 5.83. The number of rotatable bonds is 3. The standard InChI is InChI=1S/C13H25NO3/c1-10(15)11-6-5-7-14(8-11)9-12(16)17-13(2,3)4/h10-11,15H,5-9H2,1-4H3. The van der Waals surface area contributed by atoms with Crippen molar-refractivity contribution < 1.29 is 14.6 Å². The molecule has 1 N–H and O–H groups in total. The maximum Gasteiger partial charge on any atom is 0.320 e. The average Bonchev–Trinajstić information content (AvgIpc) is 2.14. The minimum absolute atomic E-state index is 0.177. The molecule has 0 aromatic heterocycles. The molecule has 1 saturated heterocycles. The first kappa shape index (κ1) is 14.5. The summed E-state index contributed by atoms with van der Waals surface area (Å²) >= 11 is 0. The highest BCUT2D eigenvalue weighted by Gasteiger charge is 2.26. The van der Waals surface area contributed by atoms with E-state index in [0.29, 0.717) is 6.54 Å². The van der Waals surface area contributed by atoms with Crippen LogP contribution < -0.4 is 0 Å². The Labute approximate surface area is 104 Å². The van der Waals surface area contributed by atoms with E-state index in [1.807, 2.05) is 27.7 Å². The molecule has 0 saturated carbocycles. The zero-order chi connectivity index (χ0) is 13.1. The second-order valence-electron chi connectivity index (χ2n) is 5.96. The Kier molecular flexibility index (Phi) is 4.95. The summed E-state index contributed by atoms with van der Waals surface area (Å²) in [5.41, 5.74) is -0.420. The van der Waals surface area contributed by atoms with E-state index in [-0.39, 0.29) is 18.0 Å². The molecule has 0 bridgehead atoms. The molecule has 0 radical (unpaired) electrons. The Morgan fingerprint density at radius 1 is 1.53 bits per heavy atom. The Hall–Kier alpha value is -0.610. The largest absolute Gasteiger partial charge is 0.459 e. The van der Waals surface area contributed by atoms with Crippen LogP contribution in [-0.2, 0) is 9.53 Å². The number of esters is 1. The summed E-state index contributed by atoms with van der Waals surface area (Å²) in [7, 11) is 0. The van der Waals surface area contributed by atoms with E-state index >= 15 is 0 Å². The summed E-state index contributed by atoms with van der Waals surface area (Å²) in [5.74, 6) is 0.106. The first-order valence-electron chi connectivity index (χ1n) is 6.40. The first-order chi connectivity index (χ1) is 7.78. The molecule has 0 spiro atoms. The van der Waals surface area contributed by atoms with Gasteiger partial charge in [0.2, 0.25) is 0 Å². The first-order valence-corrected chi connectivity index (χ1v) is 6.40. The number of ether oxygens (including phenoxy) is 1. The van der Waals surface area contributed by atoms with Gasteiger partial charge in [-0.3, -0.25) is 9.69 Å². The lowest BCUT2D eigenvalue weighted by Gasteiger charge is -2.34. The van der Waals surface area contributed by atoms with Crippen molar-refractivity contribution in [1.29, 1.82) is 0 Å². The molecular weight excluding hydrogens is 218 g/mol. The van der Waals surface area contributed by atoms with Crippen molar-refractivity contribution in [2.75, 3.05) is 19.6 Å². The van der Waals surface area contributed by atoms with Crippen molar-refractivity contribution in [3.05, 3.63) is 0 Å². The number of hydrogen-bond acceptors (Lipinski definition) is 4. The zero-order valence-corrected chi connectivity index (χ0v) is 11.4. The van der Waals surface area contributed by atoms with E-state index in [9.17, 15) is 9.90 Å². The molecule has 0 aromatic carbocycles. The van der Waals surface area contributed by atoms with Gasteiger partial charge in [-0.25, -0.2) is 0 Å². The molecule has 4 heteroatoms. The summed E-state index contributed by atoms with van der Waals surface area (Å²) in [6, 6.07) is 0. The molecule has 1 fully saturated rings. The fraction of sp³-hybridized carbons (Fsp3) is 0.923. The van der Waals surface area contributed by atoms with Gasteiger partial charge in [0.15, 0.2) is 0 Å². The van der Waals surface area contributed by atoms with Crippen molar-refractivity contribution in [1.82, 2.24) is 4.90 Å². The highest BCUT2D eigenvalue weighted by molar-refractivity contribution is 5.72. The van der Waals surface area contributed by atoms with Gasteiger partial charge in [-0.2, -0.15) is 0 Å². The third-order valence-electron chi connectivity index (χ3n) is 3.00. The van der Waals surface area contributed by atoms with E-state index in [1.165, 1.54) is 0 Å². The smallest absolute Gasteiger partial charge is 0.320 e. The number of nitrogens with zero attached hydrogens (tertiary/aromatic N) is 1. The monoisotopic (exact) mass is 243 g/mol. The van der Waals surface area contributed by atoms with Crippen molar-refractivity contribution in [2.45, 2.75) is 52.2 Å². The zero-order valence-electron chi connectivity index (χ0n) is 11.4. The van der Waals surface area contributed by atoms with Gasteiger partial charge >= 0.3 is 5.97 Å². The van der Waals surface area contributed by atoms with Crippen LogP contribution in [-0.4, -0.2) is 47.3 Å². The van der Waals surface area contributed by atoms with Crippen LogP contribution in [0.1, 0.15) is 40.5 Å². The lowest BCUT2D eigenvalue weighted by molar-refractivity contribution is -0.156. The molecule has 1 aliphatic heterocycles. The summed E-state index contributed by atoms with van der Waals surface area (Å²) in [6.07, 6.45) is 1.79.